The van der Waals surface area contributed by atoms with Gasteiger partial charge in [-0.2, -0.15) is 0 Å². The van der Waals surface area contributed by atoms with Gasteiger partial charge in [0, 0.05) is 17.3 Å². The van der Waals surface area contributed by atoms with Crippen molar-refractivity contribution in [1.82, 2.24) is 0 Å². The van der Waals surface area contributed by atoms with Crippen molar-refractivity contribution in [3.63, 3.8) is 0 Å². The van der Waals surface area contributed by atoms with Gasteiger partial charge in [-0.3, -0.25) is 4.99 Å². The molecule has 0 bridgehead atoms. The molecule has 0 aliphatic carbocycles. The highest BCUT2D eigenvalue weighted by Gasteiger charge is 1.98. The molecule has 1 aromatic rings. The first-order valence-electron chi connectivity index (χ1n) is 7.01. The first kappa shape index (κ1) is 15.2. The molecular weight excluding hydrogens is 242 g/mol. The maximum Gasteiger partial charge on any atom is 0.0471 e. The van der Waals surface area contributed by atoms with Crippen molar-refractivity contribution in [3.05, 3.63) is 34.9 Å². The van der Waals surface area contributed by atoms with Crippen LogP contribution in [0.4, 0.5) is 0 Å². The first-order chi connectivity index (χ1) is 8.72. The molecule has 1 nitrogen and oxygen atoms in total. The Hall–Kier alpha value is -0.820. The summed E-state index contributed by atoms with van der Waals surface area (Å²) in [5.41, 5.74) is 1.08. The fourth-order valence-electron chi connectivity index (χ4n) is 1.92. The first-order valence-corrected chi connectivity index (χ1v) is 7.39. The summed E-state index contributed by atoms with van der Waals surface area (Å²) in [5.74, 6) is 0. The van der Waals surface area contributed by atoms with E-state index in [1.807, 2.05) is 30.5 Å². The van der Waals surface area contributed by atoms with E-state index in [9.17, 15) is 0 Å². The standard InChI is InChI=1S/C16H24ClN/c1-3-4-5-6-7-9-14(2)18-13-15-10-8-11-16(17)12-15/h8,10-14H,3-7,9H2,1-2H3. The van der Waals surface area contributed by atoms with Gasteiger partial charge in [-0.1, -0.05) is 62.8 Å². The van der Waals surface area contributed by atoms with Gasteiger partial charge in [0.1, 0.15) is 0 Å². The van der Waals surface area contributed by atoms with E-state index in [-0.39, 0.29) is 0 Å². The van der Waals surface area contributed by atoms with Gasteiger partial charge in [0.15, 0.2) is 0 Å². The Balaban J connectivity index is 2.25. The van der Waals surface area contributed by atoms with Crippen LogP contribution in [0, 0.1) is 0 Å². The number of hydrogen-bond donors (Lipinski definition) is 0. The van der Waals surface area contributed by atoms with Crippen LogP contribution in [0.15, 0.2) is 29.3 Å². The topological polar surface area (TPSA) is 12.4 Å². The minimum Gasteiger partial charge on any atom is -0.290 e. The molecule has 100 valence electrons. The Morgan fingerprint density at radius 1 is 1.22 bits per heavy atom. The van der Waals surface area contributed by atoms with E-state index < -0.39 is 0 Å². The second kappa shape index (κ2) is 9.16. The normalized spacial score (nSPS) is 13.1. The van der Waals surface area contributed by atoms with Crippen LogP contribution in [0.2, 0.25) is 5.02 Å². The van der Waals surface area contributed by atoms with E-state index in [0.29, 0.717) is 6.04 Å². The second-order valence-electron chi connectivity index (χ2n) is 4.89. The van der Waals surface area contributed by atoms with E-state index in [0.717, 1.165) is 10.6 Å². The van der Waals surface area contributed by atoms with Gasteiger partial charge < -0.3 is 0 Å². The summed E-state index contributed by atoms with van der Waals surface area (Å²) in [6.45, 7) is 4.43. The minimum absolute atomic E-state index is 0.408. The highest BCUT2D eigenvalue weighted by molar-refractivity contribution is 6.30. The average molecular weight is 266 g/mol. The van der Waals surface area contributed by atoms with Crippen LogP contribution >= 0.6 is 11.6 Å². The van der Waals surface area contributed by atoms with Gasteiger partial charge in [0.05, 0.1) is 0 Å². The smallest absolute Gasteiger partial charge is 0.0471 e. The molecule has 1 rings (SSSR count). The van der Waals surface area contributed by atoms with Gasteiger partial charge in [0.2, 0.25) is 0 Å². The van der Waals surface area contributed by atoms with E-state index in [4.69, 9.17) is 11.6 Å². The second-order valence-corrected chi connectivity index (χ2v) is 5.32. The molecule has 0 radical (unpaired) electrons. The van der Waals surface area contributed by atoms with Crippen molar-refractivity contribution in [2.75, 3.05) is 0 Å². The highest BCUT2D eigenvalue weighted by Crippen LogP contribution is 2.11. The van der Waals surface area contributed by atoms with E-state index >= 15 is 0 Å². The van der Waals surface area contributed by atoms with Crippen molar-refractivity contribution in [3.8, 4) is 0 Å². The average Bonchev–Trinajstić information content (AvgIpc) is 2.36. The van der Waals surface area contributed by atoms with Crippen molar-refractivity contribution in [2.45, 2.75) is 58.4 Å². The third kappa shape index (κ3) is 6.80. The lowest BCUT2D eigenvalue weighted by Gasteiger charge is -2.05. The van der Waals surface area contributed by atoms with Gasteiger partial charge >= 0.3 is 0 Å². The lowest BCUT2D eigenvalue weighted by molar-refractivity contribution is 0.565. The SMILES string of the molecule is CCCCCCCC(C)N=Cc1cccc(Cl)c1. The maximum absolute atomic E-state index is 5.93. The zero-order valence-corrected chi connectivity index (χ0v) is 12.3. The lowest BCUT2D eigenvalue weighted by atomic mass is 10.1. The van der Waals surface area contributed by atoms with Crippen molar-refractivity contribution < 1.29 is 0 Å². The number of halogens is 1. The zero-order chi connectivity index (χ0) is 13.2. The molecule has 0 saturated carbocycles. The summed E-state index contributed by atoms with van der Waals surface area (Å²) in [6, 6.07) is 8.22. The summed E-state index contributed by atoms with van der Waals surface area (Å²) < 4.78 is 0. The molecule has 0 aliphatic heterocycles. The molecule has 0 spiro atoms. The van der Waals surface area contributed by atoms with Gasteiger partial charge in [0.25, 0.3) is 0 Å². The van der Waals surface area contributed by atoms with Crippen LogP contribution in [0.5, 0.6) is 0 Å². The number of benzene rings is 1. The summed E-state index contributed by atoms with van der Waals surface area (Å²) in [6.07, 6.45) is 9.77. The molecule has 18 heavy (non-hydrogen) atoms. The van der Waals surface area contributed by atoms with Crippen molar-refractivity contribution in [2.24, 2.45) is 4.99 Å². The Bertz CT molecular complexity index is 360. The number of hydrogen-bond acceptors (Lipinski definition) is 1. The predicted molar refractivity (Wildman–Crippen MR) is 81.9 cm³/mol. The molecule has 0 heterocycles. The minimum atomic E-state index is 0.408. The van der Waals surface area contributed by atoms with E-state index in [2.05, 4.69) is 18.8 Å². The number of aliphatic imine (C=N–C) groups is 1. The van der Waals surface area contributed by atoms with Crippen LogP contribution in [0.1, 0.15) is 57.9 Å². The number of nitrogens with zero attached hydrogens (tertiary/aromatic N) is 1. The van der Waals surface area contributed by atoms with E-state index in [1.165, 1.54) is 38.5 Å². The Morgan fingerprint density at radius 3 is 2.72 bits per heavy atom. The van der Waals surface area contributed by atoms with Gasteiger partial charge in [-0.05, 0) is 31.0 Å². The molecule has 1 unspecified atom stereocenters. The van der Waals surface area contributed by atoms with Crippen LogP contribution in [-0.4, -0.2) is 12.3 Å². The fraction of sp³-hybridized carbons (Fsp3) is 0.562. The summed E-state index contributed by atoms with van der Waals surface area (Å²) in [4.78, 5) is 4.57. The molecule has 2 heteroatoms. The monoisotopic (exact) mass is 265 g/mol. The van der Waals surface area contributed by atoms with Crippen LogP contribution in [0.25, 0.3) is 0 Å². The quantitative estimate of drug-likeness (QED) is 0.434. The van der Waals surface area contributed by atoms with Crippen molar-refractivity contribution >= 4 is 17.8 Å². The summed E-state index contributed by atoms with van der Waals surface area (Å²) in [7, 11) is 0. The Morgan fingerprint density at radius 2 is 2.00 bits per heavy atom. The van der Waals surface area contributed by atoms with Crippen LogP contribution < -0.4 is 0 Å². The molecule has 0 saturated heterocycles. The van der Waals surface area contributed by atoms with E-state index in [1.54, 1.807) is 0 Å². The lowest BCUT2D eigenvalue weighted by Crippen LogP contribution is -1.98. The highest BCUT2D eigenvalue weighted by atomic mass is 35.5. The molecule has 0 fully saturated rings. The predicted octanol–water partition coefficient (Wildman–Crippen LogP) is 5.51. The molecular formula is C16H24ClN. The summed E-state index contributed by atoms with van der Waals surface area (Å²) in [5, 5.41) is 0.770. The van der Waals surface area contributed by atoms with Crippen LogP contribution in [-0.2, 0) is 0 Å². The largest absolute Gasteiger partial charge is 0.290 e. The summed E-state index contributed by atoms with van der Waals surface area (Å²) >= 11 is 5.93. The molecule has 1 atom stereocenters. The number of rotatable bonds is 8. The fourth-order valence-corrected chi connectivity index (χ4v) is 2.12. The zero-order valence-electron chi connectivity index (χ0n) is 11.5. The van der Waals surface area contributed by atoms with Gasteiger partial charge in [-0.25, -0.2) is 0 Å². The molecule has 1 aromatic carbocycles. The number of unbranched alkanes of at least 4 members (excludes halogenated alkanes) is 4. The Kier molecular flexibility index (Phi) is 7.75. The van der Waals surface area contributed by atoms with Gasteiger partial charge in [-0.15, -0.1) is 0 Å². The Labute approximate surface area is 116 Å². The van der Waals surface area contributed by atoms with Crippen LogP contribution in [0.3, 0.4) is 0 Å². The third-order valence-electron chi connectivity index (χ3n) is 3.05. The molecule has 0 aromatic heterocycles. The molecule has 0 N–H and O–H groups in total. The third-order valence-corrected chi connectivity index (χ3v) is 3.29. The maximum atomic E-state index is 5.93. The van der Waals surface area contributed by atoms with Crippen molar-refractivity contribution in [1.29, 1.82) is 0 Å². The molecule has 0 aliphatic rings. The molecule has 0 amide bonds.